The molecular formula is C13H17ClF2O3S. The first-order chi connectivity index (χ1) is 9.08. The molecule has 0 spiro atoms. The first-order valence-corrected chi connectivity index (χ1v) is 8.16. The molecule has 0 saturated carbocycles. The van der Waals surface area contributed by atoms with Crippen molar-refractivity contribution >= 4 is 21.4 Å². The van der Waals surface area contributed by atoms with Gasteiger partial charge in [-0.3, -0.25) is 0 Å². The molecule has 0 amide bonds. The zero-order valence-corrected chi connectivity index (χ0v) is 13.1. The number of hydrogen-bond acceptors (Lipinski definition) is 3. The molecule has 0 radical (unpaired) electrons. The predicted molar refractivity (Wildman–Crippen MR) is 74.9 cm³/mol. The summed E-state index contributed by atoms with van der Waals surface area (Å²) in [7, 11) is -3.40. The van der Waals surface area contributed by atoms with Crippen LogP contribution in [0.1, 0.15) is 26.3 Å². The fourth-order valence-electron chi connectivity index (χ4n) is 1.39. The van der Waals surface area contributed by atoms with Crippen LogP contribution in [0.4, 0.5) is 8.78 Å². The van der Waals surface area contributed by atoms with Gasteiger partial charge in [0.05, 0.1) is 10.5 Å². The van der Waals surface area contributed by atoms with E-state index in [1.807, 2.05) is 0 Å². The van der Waals surface area contributed by atoms with Gasteiger partial charge in [0.15, 0.2) is 27.2 Å². The first kappa shape index (κ1) is 17.2. The summed E-state index contributed by atoms with van der Waals surface area (Å²) in [4.78, 5) is 0. The second-order valence-corrected chi connectivity index (χ2v) is 8.43. The van der Waals surface area contributed by atoms with E-state index in [-0.39, 0.29) is 23.8 Å². The number of benzene rings is 1. The predicted octanol–water partition coefficient (Wildman–Crippen LogP) is 3.30. The Balaban J connectivity index is 2.78. The maximum Gasteiger partial charge on any atom is 0.190 e. The van der Waals surface area contributed by atoms with Crippen LogP contribution in [-0.4, -0.2) is 25.5 Å². The lowest BCUT2D eigenvalue weighted by Crippen LogP contribution is -2.32. The van der Waals surface area contributed by atoms with E-state index in [1.165, 1.54) is 0 Å². The summed E-state index contributed by atoms with van der Waals surface area (Å²) in [6.07, 6.45) is 0. The van der Waals surface area contributed by atoms with Gasteiger partial charge in [-0.2, -0.15) is 0 Å². The van der Waals surface area contributed by atoms with Gasteiger partial charge in [-0.25, -0.2) is 17.2 Å². The van der Waals surface area contributed by atoms with Crippen LogP contribution >= 0.6 is 11.6 Å². The van der Waals surface area contributed by atoms with Crippen molar-refractivity contribution in [3.63, 3.8) is 0 Å². The summed E-state index contributed by atoms with van der Waals surface area (Å²) in [5.41, 5.74) is 0.288. The van der Waals surface area contributed by atoms with Gasteiger partial charge < -0.3 is 4.74 Å². The van der Waals surface area contributed by atoms with Gasteiger partial charge in [-0.15, -0.1) is 11.6 Å². The number of rotatable bonds is 5. The third-order valence-corrected chi connectivity index (χ3v) is 5.62. The SMILES string of the molecule is CC(C)(C)S(=O)(=O)CCOc1c(F)cc(CCl)cc1F. The minimum absolute atomic E-state index is 0.0213. The number of halogens is 3. The molecule has 0 heterocycles. The maximum absolute atomic E-state index is 13.6. The highest BCUT2D eigenvalue weighted by Crippen LogP contribution is 2.24. The molecule has 114 valence electrons. The molecule has 0 atom stereocenters. The first-order valence-electron chi connectivity index (χ1n) is 5.97. The van der Waals surface area contributed by atoms with E-state index in [4.69, 9.17) is 16.3 Å². The average Bonchev–Trinajstić information content (AvgIpc) is 2.30. The van der Waals surface area contributed by atoms with Gasteiger partial charge in [-0.1, -0.05) is 0 Å². The van der Waals surface area contributed by atoms with Crippen molar-refractivity contribution in [1.29, 1.82) is 0 Å². The Morgan fingerprint density at radius 3 is 2.10 bits per heavy atom. The lowest BCUT2D eigenvalue weighted by molar-refractivity contribution is 0.302. The fourth-order valence-corrected chi connectivity index (χ4v) is 2.46. The van der Waals surface area contributed by atoms with Gasteiger partial charge >= 0.3 is 0 Å². The Bertz CT molecular complexity index is 557. The Kier molecular flexibility index (Phi) is 5.38. The quantitative estimate of drug-likeness (QED) is 0.780. The molecule has 0 aliphatic heterocycles. The van der Waals surface area contributed by atoms with Crippen LogP contribution < -0.4 is 4.74 Å². The third-order valence-electron chi connectivity index (χ3n) is 2.74. The molecule has 0 fully saturated rings. The van der Waals surface area contributed by atoms with Crippen LogP contribution in [0.5, 0.6) is 5.75 Å². The molecule has 0 unspecified atom stereocenters. The number of ether oxygens (including phenoxy) is 1. The van der Waals surface area contributed by atoms with Crippen LogP contribution in [0.15, 0.2) is 12.1 Å². The Morgan fingerprint density at radius 1 is 1.20 bits per heavy atom. The largest absolute Gasteiger partial charge is 0.487 e. The van der Waals surface area contributed by atoms with Crippen LogP contribution in [0.2, 0.25) is 0 Å². The summed E-state index contributed by atoms with van der Waals surface area (Å²) >= 11 is 5.48. The van der Waals surface area contributed by atoms with Crippen molar-refractivity contribution in [2.75, 3.05) is 12.4 Å². The van der Waals surface area contributed by atoms with Gasteiger partial charge in [-0.05, 0) is 38.5 Å². The van der Waals surface area contributed by atoms with Crippen LogP contribution in [0.25, 0.3) is 0 Å². The van der Waals surface area contributed by atoms with E-state index in [9.17, 15) is 17.2 Å². The normalized spacial score (nSPS) is 12.5. The molecule has 0 saturated heterocycles. The van der Waals surface area contributed by atoms with E-state index < -0.39 is 32.0 Å². The Morgan fingerprint density at radius 2 is 1.70 bits per heavy atom. The van der Waals surface area contributed by atoms with Crippen LogP contribution in [0.3, 0.4) is 0 Å². The van der Waals surface area contributed by atoms with E-state index in [0.717, 1.165) is 12.1 Å². The van der Waals surface area contributed by atoms with Crippen LogP contribution in [0, 0.1) is 11.6 Å². The van der Waals surface area contributed by atoms with E-state index >= 15 is 0 Å². The second-order valence-electron chi connectivity index (χ2n) is 5.30. The molecule has 0 aromatic heterocycles. The molecule has 7 heteroatoms. The van der Waals surface area contributed by atoms with Crippen molar-refractivity contribution in [3.8, 4) is 5.75 Å². The molecule has 0 N–H and O–H groups in total. The summed E-state index contributed by atoms with van der Waals surface area (Å²) in [6, 6.07) is 2.12. The second kappa shape index (κ2) is 6.26. The van der Waals surface area contributed by atoms with Gasteiger partial charge in [0.25, 0.3) is 0 Å². The number of hydrogen-bond donors (Lipinski definition) is 0. The molecule has 1 rings (SSSR count). The minimum atomic E-state index is -3.40. The molecule has 3 nitrogen and oxygen atoms in total. The van der Waals surface area contributed by atoms with Crippen molar-refractivity contribution in [1.82, 2.24) is 0 Å². The number of sulfone groups is 1. The lowest BCUT2D eigenvalue weighted by Gasteiger charge is -2.19. The summed E-state index contributed by atoms with van der Waals surface area (Å²) < 4.78 is 54.8. The summed E-state index contributed by atoms with van der Waals surface area (Å²) in [6.45, 7) is 4.35. The molecule has 1 aromatic carbocycles. The maximum atomic E-state index is 13.6. The number of alkyl halides is 1. The van der Waals surface area contributed by atoms with Crippen molar-refractivity contribution in [3.05, 3.63) is 29.3 Å². The monoisotopic (exact) mass is 326 g/mol. The molecule has 20 heavy (non-hydrogen) atoms. The average molecular weight is 327 g/mol. The zero-order valence-electron chi connectivity index (χ0n) is 11.5. The molecule has 0 aliphatic carbocycles. The van der Waals surface area contributed by atoms with Gasteiger partial charge in [0.2, 0.25) is 0 Å². The minimum Gasteiger partial charge on any atom is -0.487 e. The highest BCUT2D eigenvalue weighted by Gasteiger charge is 2.28. The van der Waals surface area contributed by atoms with Crippen molar-refractivity contribution in [2.24, 2.45) is 0 Å². The highest BCUT2D eigenvalue weighted by atomic mass is 35.5. The molecule has 0 bridgehead atoms. The zero-order chi connectivity index (χ0) is 15.6. The van der Waals surface area contributed by atoms with Gasteiger partial charge in [0, 0.05) is 5.88 Å². The molecule has 0 aliphatic rings. The van der Waals surface area contributed by atoms with Crippen molar-refractivity contribution < 1.29 is 21.9 Å². The van der Waals surface area contributed by atoms with Crippen molar-refractivity contribution in [2.45, 2.75) is 31.4 Å². The van der Waals surface area contributed by atoms with E-state index in [0.29, 0.717) is 0 Å². The van der Waals surface area contributed by atoms with Gasteiger partial charge in [0.1, 0.15) is 6.61 Å². The van der Waals surface area contributed by atoms with E-state index in [2.05, 4.69) is 0 Å². The summed E-state index contributed by atoms with van der Waals surface area (Å²) in [5.74, 6) is -2.70. The highest BCUT2D eigenvalue weighted by molar-refractivity contribution is 7.92. The topological polar surface area (TPSA) is 43.4 Å². The lowest BCUT2D eigenvalue weighted by atomic mass is 10.2. The molecule has 1 aromatic rings. The molecular weight excluding hydrogens is 310 g/mol. The van der Waals surface area contributed by atoms with E-state index in [1.54, 1.807) is 20.8 Å². The fraction of sp³-hybridized carbons (Fsp3) is 0.538. The smallest absolute Gasteiger partial charge is 0.190 e. The standard InChI is InChI=1S/C13H17ClF2O3S/c1-13(2,3)20(17,18)5-4-19-12-10(15)6-9(8-14)7-11(12)16/h6-7H,4-5,8H2,1-3H3. The van der Waals surface area contributed by atoms with Crippen LogP contribution in [-0.2, 0) is 15.7 Å². The summed E-state index contributed by atoms with van der Waals surface area (Å²) in [5, 5.41) is 0. The Hall–Kier alpha value is -0.880. The third kappa shape index (κ3) is 4.06. The Labute approximate surface area is 122 Å².